The third-order valence-corrected chi connectivity index (χ3v) is 3.31. The number of rotatable bonds is 3. The van der Waals surface area contributed by atoms with Crippen LogP contribution in [0, 0.1) is 0 Å². The monoisotopic (exact) mass is 242 g/mol. The average Bonchev–Trinajstić information content (AvgIpc) is 2.95. The van der Waals surface area contributed by atoms with Crippen molar-refractivity contribution in [2.24, 2.45) is 5.16 Å². The van der Waals surface area contributed by atoms with Crippen LogP contribution in [0.1, 0.15) is 18.9 Å². The van der Waals surface area contributed by atoms with Crippen LogP contribution in [0.2, 0.25) is 0 Å². The Kier molecular flexibility index (Phi) is 2.44. The van der Waals surface area contributed by atoms with Crippen molar-refractivity contribution in [3.05, 3.63) is 36.0 Å². The zero-order chi connectivity index (χ0) is 12.6. The van der Waals surface area contributed by atoms with Crippen LogP contribution in [-0.4, -0.2) is 22.6 Å². The molecule has 3 rings (SSSR count). The Balaban J connectivity index is 1.87. The van der Waals surface area contributed by atoms with Crippen LogP contribution >= 0.6 is 0 Å². The van der Waals surface area contributed by atoms with E-state index in [9.17, 15) is 4.79 Å². The number of aldehydes is 1. The van der Waals surface area contributed by atoms with Crippen molar-refractivity contribution in [2.75, 3.05) is 0 Å². The number of nitrogens with one attached hydrogen (secondary N) is 1. The zero-order valence-electron chi connectivity index (χ0n) is 10.1. The van der Waals surface area contributed by atoms with E-state index in [1.807, 2.05) is 31.3 Å². The van der Waals surface area contributed by atoms with Crippen molar-refractivity contribution in [1.29, 1.82) is 0 Å². The zero-order valence-corrected chi connectivity index (χ0v) is 10.1. The highest BCUT2D eigenvalue weighted by Crippen LogP contribution is 2.30. The Morgan fingerprint density at radius 2 is 2.33 bits per heavy atom. The van der Waals surface area contributed by atoms with Gasteiger partial charge in [0.25, 0.3) is 0 Å². The molecule has 1 atom stereocenters. The summed E-state index contributed by atoms with van der Waals surface area (Å²) in [5, 5.41) is 5.00. The number of hydrogen-bond donors (Lipinski definition) is 1. The molecule has 0 bridgehead atoms. The number of carbonyl (C=O) groups excluding carboxylic acids is 1. The second kappa shape index (κ2) is 3.98. The molecule has 1 N–H and O–H groups in total. The van der Waals surface area contributed by atoms with E-state index in [-0.39, 0.29) is 0 Å². The fourth-order valence-electron chi connectivity index (χ4n) is 2.46. The van der Waals surface area contributed by atoms with Crippen LogP contribution in [0.25, 0.3) is 10.9 Å². The van der Waals surface area contributed by atoms with Crippen LogP contribution < -0.4 is 0 Å². The molecule has 2 heterocycles. The molecule has 1 aliphatic rings. The van der Waals surface area contributed by atoms with E-state index in [2.05, 4.69) is 16.2 Å². The van der Waals surface area contributed by atoms with Gasteiger partial charge in [-0.3, -0.25) is 4.79 Å². The van der Waals surface area contributed by atoms with Crippen molar-refractivity contribution in [3.63, 3.8) is 0 Å². The summed E-state index contributed by atoms with van der Waals surface area (Å²) in [6, 6.07) is 8.15. The Hall–Kier alpha value is -2.10. The topological polar surface area (TPSA) is 54.5 Å². The Labute approximate surface area is 105 Å². The van der Waals surface area contributed by atoms with Crippen molar-refractivity contribution >= 4 is 22.9 Å². The van der Waals surface area contributed by atoms with Gasteiger partial charge in [-0.2, -0.15) is 0 Å². The highest BCUT2D eigenvalue weighted by molar-refractivity contribution is 6.28. The Morgan fingerprint density at radius 1 is 1.50 bits per heavy atom. The average molecular weight is 242 g/mol. The van der Waals surface area contributed by atoms with Crippen LogP contribution in [0.3, 0.4) is 0 Å². The molecule has 0 fully saturated rings. The number of aromatic amines is 1. The number of hydrogen-bond acceptors (Lipinski definition) is 3. The number of aromatic nitrogens is 1. The molecule has 1 aliphatic heterocycles. The van der Waals surface area contributed by atoms with Crippen molar-refractivity contribution in [2.45, 2.75) is 25.4 Å². The van der Waals surface area contributed by atoms with Gasteiger partial charge in [-0.1, -0.05) is 23.4 Å². The molecule has 0 amide bonds. The van der Waals surface area contributed by atoms with Gasteiger partial charge in [0, 0.05) is 29.9 Å². The molecule has 1 unspecified atom stereocenters. The summed E-state index contributed by atoms with van der Waals surface area (Å²) in [7, 11) is 0. The minimum Gasteiger partial charge on any atom is -0.388 e. The maximum atomic E-state index is 10.7. The molecule has 4 heteroatoms. The second-order valence-electron chi connectivity index (χ2n) is 4.95. The summed E-state index contributed by atoms with van der Waals surface area (Å²) >= 11 is 0. The summed E-state index contributed by atoms with van der Waals surface area (Å²) in [4.78, 5) is 19.3. The molecule has 4 nitrogen and oxygen atoms in total. The van der Waals surface area contributed by atoms with Gasteiger partial charge >= 0.3 is 0 Å². The van der Waals surface area contributed by atoms with E-state index in [4.69, 9.17) is 4.84 Å². The molecule has 0 radical (unpaired) electrons. The second-order valence-corrected chi connectivity index (χ2v) is 4.95. The lowest BCUT2D eigenvalue weighted by Crippen LogP contribution is -2.27. The first-order valence-corrected chi connectivity index (χ1v) is 5.95. The smallest absolute Gasteiger partial charge is 0.167 e. The van der Waals surface area contributed by atoms with E-state index in [1.165, 1.54) is 10.9 Å². The van der Waals surface area contributed by atoms with Gasteiger partial charge in [0.1, 0.15) is 11.3 Å². The fraction of sp³-hybridized carbons (Fsp3) is 0.286. The first-order chi connectivity index (χ1) is 8.70. The lowest BCUT2D eigenvalue weighted by molar-refractivity contribution is -0.102. The van der Waals surface area contributed by atoms with E-state index < -0.39 is 5.60 Å². The number of nitrogens with zero attached hydrogens (tertiary/aromatic N) is 1. The molecule has 0 saturated carbocycles. The SMILES string of the molecule is CC1(Cc2c[nH]c3ccccc23)CC(C=O)=NO1. The van der Waals surface area contributed by atoms with E-state index in [0.29, 0.717) is 12.1 Å². The molecule has 1 aromatic heterocycles. The van der Waals surface area contributed by atoms with Gasteiger partial charge in [0.2, 0.25) is 0 Å². The minimum absolute atomic E-state index is 0.415. The predicted molar refractivity (Wildman–Crippen MR) is 69.6 cm³/mol. The normalized spacial score (nSPS) is 22.8. The van der Waals surface area contributed by atoms with Crippen molar-refractivity contribution in [1.82, 2.24) is 4.98 Å². The van der Waals surface area contributed by atoms with Gasteiger partial charge in [0.15, 0.2) is 6.29 Å². The number of H-pyrrole nitrogens is 1. The highest BCUT2D eigenvalue weighted by Gasteiger charge is 2.34. The number of fused-ring (bicyclic) bond motifs is 1. The summed E-state index contributed by atoms with van der Waals surface area (Å²) in [5.74, 6) is 0. The van der Waals surface area contributed by atoms with E-state index in [1.54, 1.807) is 0 Å². The molecular weight excluding hydrogens is 228 g/mol. The highest BCUT2D eigenvalue weighted by atomic mass is 16.7. The van der Waals surface area contributed by atoms with Crippen LogP contribution in [0.4, 0.5) is 0 Å². The maximum Gasteiger partial charge on any atom is 0.167 e. The summed E-state index contributed by atoms with van der Waals surface area (Å²) in [5.41, 5.74) is 2.37. The van der Waals surface area contributed by atoms with Gasteiger partial charge in [-0.05, 0) is 18.6 Å². The molecule has 0 saturated heterocycles. The minimum atomic E-state index is -0.415. The van der Waals surface area contributed by atoms with E-state index in [0.717, 1.165) is 18.2 Å². The van der Waals surface area contributed by atoms with Crippen LogP contribution in [-0.2, 0) is 16.1 Å². The summed E-state index contributed by atoms with van der Waals surface area (Å²) in [6.07, 6.45) is 4.06. The molecule has 0 spiro atoms. The number of carbonyl (C=O) groups is 1. The van der Waals surface area contributed by atoms with Crippen molar-refractivity contribution < 1.29 is 9.63 Å². The lowest BCUT2D eigenvalue weighted by atomic mass is 9.92. The lowest BCUT2D eigenvalue weighted by Gasteiger charge is -2.20. The summed E-state index contributed by atoms with van der Waals surface area (Å²) in [6.45, 7) is 1.98. The van der Waals surface area contributed by atoms with E-state index >= 15 is 0 Å². The molecule has 0 aliphatic carbocycles. The largest absolute Gasteiger partial charge is 0.388 e. The Morgan fingerprint density at radius 3 is 3.11 bits per heavy atom. The van der Waals surface area contributed by atoms with Gasteiger partial charge in [0.05, 0.1) is 0 Å². The number of benzene rings is 1. The van der Waals surface area contributed by atoms with Crippen LogP contribution in [0.5, 0.6) is 0 Å². The third-order valence-electron chi connectivity index (χ3n) is 3.31. The van der Waals surface area contributed by atoms with Gasteiger partial charge in [-0.25, -0.2) is 0 Å². The third kappa shape index (κ3) is 1.79. The quantitative estimate of drug-likeness (QED) is 0.840. The van der Waals surface area contributed by atoms with Gasteiger partial charge < -0.3 is 9.82 Å². The standard InChI is InChI=1S/C14H14N2O2/c1-14(7-11(9-17)16-18-14)6-10-8-15-13-5-3-2-4-12(10)13/h2-5,8-9,15H,6-7H2,1H3. The predicted octanol–water partition coefficient (Wildman–Crippen LogP) is 2.44. The first-order valence-electron chi connectivity index (χ1n) is 5.95. The molecule has 92 valence electrons. The first kappa shape index (κ1) is 11.0. The Bertz CT molecular complexity index is 630. The number of para-hydroxylation sites is 1. The maximum absolute atomic E-state index is 10.7. The molecular formula is C14H14N2O2. The summed E-state index contributed by atoms with van der Waals surface area (Å²) < 4.78 is 0. The molecule has 2 aromatic rings. The molecule has 1 aromatic carbocycles. The number of oxime groups is 1. The molecule has 18 heavy (non-hydrogen) atoms. The van der Waals surface area contributed by atoms with Crippen LogP contribution in [0.15, 0.2) is 35.6 Å². The van der Waals surface area contributed by atoms with Crippen molar-refractivity contribution in [3.8, 4) is 0 Å². The van der Waals surface area contributed by atoms with Gasteiger partial charge in [-0.15, -0.1) is 0 Å². The fourth-order valence-corrected chi connectivity index (χ4v) is 2.46.